The summed E-state index contributed by atoms with van der Waals surface area (Å²) in [7, 11) is 0. The lowest BCUT2D eigenvalue weighted by Crippen LogP contribution is -2.31. The molecule has 0 saturated heterocycles. The summed E-state index contributed by atoms with van der Waals surface area (Å²) >= 11 is 0. The summed E-state index contributed by atoms with van der Waals surface area (Å²) in [4.78, 5) is 20.4. The lowest BCUT2D eigenvalue weighted by atomic mass is 10.1. The average Bonchev–Trinajstić information content (AvgIpc) is 3.64. The van der Waals surface area contributed by atoms with Gasteiger partial charge < -0.3 is 13.7 Å². The SMILES string of the molecule is CCCN(Cc1nnc(-c2ccco2)o1)C(=O)c1cc(-c2ccccc2)nc2c1cnn2CC. The second kappa shape index (κ2) is 9.30. The molecular formula is C25H24N6O3. The monoisotopic (exact) mass is 456 g/mol. The van der Waals surface area contributed by atoms with Crippen molar-refractivity contribution in [2.45, 2.75) is 33.4 Å². The van der Waals surface area contributed by atoms with E-state index in [1.165, 1.54) is 0 Å². The fourth-order valence-corrected chi connectivity index (χ4v) is 3.89. The summed E-state index contributed by atoms with van der Waals surface area (Å²) in [6.45, 7) is 5.39. The molecule has 0 atom stereocenters. The van der Waals surface area contributed by atoms with Crippen LogP contribution in [-0.2, 0) is 13.1 Å². The molecule has 0 aliphatic heterocycles. The van der Waals surface area contributed by atoms with E-state index in [1.807, 2.05) is 50.2 Å². The van der Waals surface area contributed by atoms with Gasteiger partial charge in [-0.2, -0.15) is 5.10 Å². The molecule has 0 spiro atoms. The van der Waals surface area contributed by atoms with Gasteiger partial charge in [-0.1, -0.05) is 37.3 Å². The summed E-state index contributed by atoms with van der Waals surface area (Å²) in [5, 5.41) is 13.3. The maximum atomic E-state index is 13.8. The first-order valence-corrected chi connectivity index (χ1v) is 11.3. The van der Waals surface area contributed by atoms with Crippen LogP contribution < -0.4 is 0 Å². The molecule has 1 aromatic carbocycles. The molecule has 5 rings (SSSR count). The van der Waals surface area contributed by atoms with Crippen molar-refractivity contribution in [1.29, 1.82) is 0 Å². The highest BCUT2D eigenvalue weighted by molar-refractivity contribution is 6.06. The van der Waals surface area contributed by atoms with Crippen LogP contribution in [-0.4, -0.2) is 42.3 Å². The first-order chi connectivity index (χ1) is 16.7. The van der Waals surface area contributed by atoms with E-state index in [4.69, 9.17) is 13.8 Å². The van der Waals surface area contributed by atoms with Gasteiger partial charge in [-0.15, -0.1) is 10.2 Å². The molecule has 0 saturated carbocycles. The minimum atomic E-state index is -0.139. The molecule has 0 unspecified atom stereocenters. The first-order valence-electron chi connectivity index (χ1n) is 11.3. The Balaban J connectivity index is 1.53. The van der Waals surface area contributed by atoms with Crippen molar-refractivity contribution in [2.75, 3.05) is 6.54 Å². The Morgan fingerprint density at radius 3 is 2.68 bits per heavy atom. The molecule has 5 aromatic rings. The molecule has 0 fully saturated rings. The minimum Gasteiger partial charge on any atom is -0.459 e. The van der Waals surface area contributed by atoms with E-state index in [-0.39, 0.29) is 18.3 Å². The molecule has 34 heavy (non-hydrogen) atoms. The number of furan rings is 1. The Labute approximate surface area is 196 Å². The quantitative estimate of drug-likeness (QED) is 0.330. The van der Waals surface area contributed by atoms with Gasteiger partial charge in [0.2, 0.25) is 5.89 Å². The lowest BCUT2D eigenvalue weighted by Gasteiger charge is -2.21. The van der Waals surface area contributed by atoms with E-state index < -0.39 is 0 Å². The number of fused-ring (bicyclic) bond motifs is 1. The van der Waals surface area contributed by atoms with Crippen LogP contribution in [0.5, 0.6) is 0 Å². The third kappa shape index (κ3) is 4.07. The molecule has 4 heterocycles. The smallest absolute Gasteiger partial charge is 0.283 e. The van der Waals surface area contributed by atoms with Crippen molar-refractivity contribution in [1.82, 2.24) is 29.9 Å². The number of aryl methyl sites for hydroxylation is 1. The first kappa shape index (κ1) is 21.6. The second-order valence-electron chi connectivity index (χ2n) is 7.82. The van der Waals surface area contributed by atoms with Gasteiger partial charge in [-0.05, 0) is 31.5 Å². The van der Waals surface area contributed by atoms with Gasteiger partial charge >= 0.3 is 0 Å². The molecule has 9 nitrogen and oxygen atoms in total. The largest absolute Gasteiger partial charge is 0.459 e. The number of amides is 1. The highest BCUT2D eigenvalue weighted by atomic mass is 16.4. The predicted molar refractivity (Wildman–Crippen MR) is 126 cm³/mol. The second-order valence-corrected chi connectivity index (χ2v) is 7.82. The minimum absolute atomic E-state index is 0.139. The third-order valence-electron chi connectivity index (χ3n) is 5.51. The number of benzene rings is 1. The van der Waals surface area contributed by atoms with Crippen LogP contribution in [0.2, 0.25) is 0 Å². The number of pyridine rings is 1. The number of hydrogen-bond acceptors (Lipinski definition) is 7. The van der Waals surface area contributed by atoms with Gasteiger partial charge in [-0.25, -0.2) is 9.67 Å². The topological polar surface area (TPSA) is 103 Å². The van der Waals surface area contributed by atoms with Gasteiger partial charge in [0, 0.05) is 18.7 Å². The Bertz CT molecular complexity index is 1410. The van der Waals surface area contributed by atoms with E-state index in [9.17, 15) is 4.79 Å². The summed E-state index contributed by atoms with van der Waals surface area (Å²) < 4.78 is 12.9. The van der Waals surface area contributed by atoms with Crippen molar-refractivity contribution in [3.05, 3.63) is 72.4 Å². The average molecular weight is 457 g/mol. The molecule has 0 aliphatic carbocycles. The van der Waals surface area contributed by atoms with Gasteiger partial charge in [0.15, 0.2) is 11.4 Å². The lowest BCUT2D eigenvalue weighted by molar-refractivity contribution is 0.0730. The zero-order valence-corrected chi connectivity index (χ0v) is 19.0. The standard InChI is InChI=1S/C25H24N6O3/c1-3-12-30(16-22-28-29-24(34-22)21-11-8-13-33-21)25(32)18-14-20(17-9-6-5-7-10-17)27-23-19(18)15-26-31(23)4-2/h5-11,13-15H,3-4,12,16H2,1-2H3. The number of hydrogen-bond donors (Lipinski definition) is 0. The Hall–Kier alpha value is -4.27. The van der Waals surface area contributed by atoms with E-state index in [0.29, 0.717) is 36.0 Å². The van der Waals surface area contributed by atoms with Crippen LogP contribution in [0.25, 0.3) is 33.9 Å². The summed E-state index contributed by atoms with van der Waals surface area (Å²) in [5.41, 5.74) is 2.88. The van der Waals surface area contributed by atoms with Crippen molar-refractivity contribution in [3.8, 4) is 22.9 Å². The fraction of sp³-hybridized carbons (Fsp3) is 0.240. The van der Waals surface area contributed by atoms with Crippen LogP contribution in [0.1, 0.15) is 36.5 Å². The van der Waals surface area contributed by atoms with Crippen molar-refractivity contribution in [2.24, 2.45) is 0 Å². The Morgan fingerprint density at radius 2 is 1.94 bits per heavy atom. The van der Waals surface area contributed by atoms with Crippen LogP contribution >= 0.6 is 0 Å². The van der Waals surface area contributed by atoms with Crippen molar-refractivity contribution >= 4 is 16.9 Å². The number of carbonyl (C=O) groups is 1. The van der Waals surface area contributed by atoms with Gasteiger partial charge in [0.25, 0.3) is 11.8 Å². The maximum absolute atomic E-state index is 13.8. The molecule has 9 heteroatoms. The Kier molecular flexibility index (Phi) is 5.90. The van der Waals surface area contributed by atoms with Crippen LogP contribution in [0.3, 0.4) is 0 Å². The molecule has 0 bridgehead atoms. The fourth-order valence-electron chi connectivity index (χ4n) is 3.89. The normalized spacial score (nSPS) is 11.2. The zero-order chi connectivity index (χ0) is 23.5. The van der Waals surface area contributed by atoms with Gasteiger partial charge in [0.05, 0.1) is 35.6 Å². The van der Waals surface area contributed by atoms with E-state index in [1.54, 1.807) is 34.2 Å². The number of aromatic nitrogens is 5. The van der Waals surface area contributed by atoms with Gasteiger partial charge in [-0.3, -0.25) is 4.79 Å². The number of carbonyl (C=O) groups excluding carboxylic acids is 1. The molecule has 4 aromatic heterocycles. The molecule has 1 amide bonds. The van der Waals surface area contributed by atoms with E-state index >= 15 is 0 Å². The highest BCUT2D eigenvalue weighted by Gasteiger charge is 2.24. The van der Waals surface area contributed by atoms with E-state index in [2.05, 4.69) is 15.3 Å². The van der Waals surface area contributed by atoms with Crippen LogP contribution in [0.4, 0.5) is 0 Å². The maximum Gasteiger partial charge on any atom is 0.283 e. The van der Waals surface area contributed by atoms with Crippen molar-refractivity contribution in [3.63, 3.8) is 0 Å². The molecule has 172 valence electrons. The summed E-state index contributed by atoms with van der Waals surface area (Å²) in [6.07, 6.45) is 4.03. The molecular weight excluding hydrogens is 432 g/mol. The zero-order valence-electron chi connectivity index (χ0n) is 19.0. The van der Waals surface area contributed by atoms with Crippen molar-refractivity contribution < 1.29 is 13.6 Å². The summed E-state index contributed by atoms with van der Waals surface area (Å²) in [6, 6.07) is 15.2. The van der Waals surface area contributed by atoms with Gasteiger partial charge in [0.1, 0.15) is 0 Å². The predicted octanol–water partition coefficient (Wildman–Crippen LogP) is 4.81. The third-order valence-corrected chi connectivity index (χ3v) is 5.51. The highest BCUT2D eigenvalue weighted by Crippen LogP contribution is 2.27. The van der Waals surface area contributed by atoms with Crippen LogP contribution in [0.15, 0.2) is 69.8 Å². The van der Waals surface area contributed by atoms with Crippen LogP contribution in [0, 0.1) is 0 Å². The Morgan fingerprint density at radius 1 is 1.09 bits per heavy atom. The summed E-state index contributed by atoms with van der Waals surface area (Å²) in [5.74, 6) is 0.971. The molecule has 0 radical (unpaired) electrons. The number of nitrogens with zero attached hydrogens (tertiary/aromatic N) is 6. The number of rotatable bonds is 8. The molecule has 0 N–H and O–H groups in total. The molecule has 0 aliphatic rings. The van der Waals surface area contributed by atoms with E-state index in [0.717, 1.165) is 23.1 Å².